The summed E-state index contributed by atoms with van der Waals surface area (Å²) >= 11 is 8.98. The zero-order valence-corrected chi connectivity index (χ0v) is 9.86. The molecule has 0 spiro atoms. The maximum atomic E-state index is 5.65. The van der Waals surface area contributed by atoms with Crippen LogP contribution in [0.2, 0.25) is 5.02 Å². The van der Waals surface area contributed by atoms with Crippen molar-refractivity contribution in [2.24, 2.45) is 0 Å². The van der Waals surface area contributed by atoms with Crippen LogP contribution in [0.3, 0.4) is 0 Å². The van der Waals surface area contributed by atoms with Crippen LogP contribution < -0.4 is 4.74 Å². The zero-order chi connectivity index (χ0) is 10.7. The van der Waals surface area contributed by atoms with Crippen molar-refractivity contribution in [1.82, 2.24) is 9.97 Å². The molecule has 0 atom stereocenters. The molecule has 0 N–H and O–H groups in total. The highest BCUT2D eigenvalue weighted by Crippen LogP contribution is 2.20. The second kappa shape index (κ2) is 4.59. The summed E-state index contributed by atoms with van der Waals surface area (Å²) in [5, 5.41) is 0.484. The first-order valence-corrected chi connectivity index (χ1v) is 5.32. The highest BCUT2D eigenvalue weighted by molar-refractivity contribution is 9.10. The van der Waals surface area contributed by atoms with Gasteiger partial charge in [0.25, 0.3) is 0 Å². The molecule has 0 amide bonds. The number of hydrogen-bond acceptors (Lipinski definition) is 3. The Morgan fingerprint density at radius 2 is 1.67 bits per heavy atom. The molecule has 0 fully saturated rings. The van der Waals surface area contributed by atoms with E-state index < -0.39 is 0 Å². The molecule has 5 heteroatoms. The Balaban J connectivity index is 2.15. The van der Waals surface area contributed by atoms with Crippen molar-refractivity contribution >= 4 is 27.5 Å². The molecule has 0 aliphatic rings. The van der Waals surface area contributed by atoms with E-state index in [0.29, 0.717) is 10.8 Å². The van der Waals surface area contributed by atoms with E-state index >= 15 is 0 Å². The number of aromatic nitrogens is 2. The van der Waals surface area contributed by atoms with E-state index in [2.05, 4.69) is 25.9 Å². The standard InChI is InChI=1S/C10H6BrClN2O/c11-7-1-3-9(4-2-7)15-10-13-5-8(12)6-14-10/h1-6H. The van der Waals surface area contributed by atoms with Gasteiger partial charge in [0.2, 0.25) is 0 Å². The molecular weight excluding hydrogens is 279 g/mol. The average Bonchev–Trinajstić information content (AvgIpc) is 2.25. The number of benzene rings is 1. The topological polar surface area (TPSA) is 35.0 Å². The third kappa shape index (κ3) is 2.91. The Bertz CT molecular complexity index is 400. The molecule has 76 valence electrons. The first-order valence-electron chi connectivity index (χ1n) is 4.15. The number of halogens is 2. The smallest absolute Gasteiger partial charge is 0.321 e. The van der Waals surface area contributed by atoms with Gasteiger partial charge in [0, 0.05) is 4.47 Å². The van der Waals surface area contributed by atoms with Crippen LogP contribution >= 0.6 is 27.5 Å². The summed E-state index contributed by atoms with van der Waals surface area (Å²) in [4.78, 5) is 7.84. The van der Waals surface area contributed by atoms with Crippen LogP contribution in [0.4, 0.5) is 0 Å². The molecule has 2 rings (SSSR count). The highest BCUT2D eigenvalue weighted by atomic mass is 79.9. The minimum Gasteiger partial charge on any atom is -0.424 e. The van der Waals surface area contributed by atoms with Crippen molar-refractivity contribution < 1.29 is 4.74 Å². The van der Waals surface area contributed by atoms with Crippen molar-refractivity contribution in [2.75, 3.05) is 0 Å². The lowest BCUT2D eigenvalue weighted by Gasteiger charge is -2.02. The van der Waals surface area contributed by atoms with Crippen LogP contribution in [0.1, 0.15) is 0 Å². The second-order valence-electron chi connectivity index (χ2n) is 2.74. The first kappa shape index (κ1) is 10.4. The van der Waals surface area contributed by atoms with Gasteiger partial charge in [-0.15, -0.1) is 0 Å². The lowest BCUT2D eigenvalue weighted by Crippen LogP contribution is -1.90. The fourth-order valence-corrected chi connectivity index (χ4v) is 1.32. The van der Waals surface area contributed by atoms with E-state index in [1.807, 2.05) is 24.3 Å². The lowest BCUT2D eigenvalue weighted by molar-refractivity contribution is 0.441. The summed E-state index contributed by atoms with van der Waals surface area (Å²) in [7, 11) is 0. The van der Waals surface area contributed by atoms with Crippen molar-refractivity contribution in [3.8, 4) is 11.8 Å². The number of hydrogen-bond donors (Lipinski definition) is 0. The summed E-state index contributed by atoms with van der Waals surface area (Å²) in [6.07, 6.45) is 2.98. The maximum absolute atomic E-state index is 5.65. The molecule has 0 saturated carbocycles. The normalized spacial score (nSPS) is 10.0. The van der Waals surface area contributed by atoms with Gasteiger partial charge in [0.15, 0.2) is 0 Å². The third-order valence-electron chi connectivity index (χ3n) is 1.62. The van der Waals surface area contributed by atoms with Crippen LogP contribution in [0.15, 0.2) is 41.1 Å². The molecule has 0 aliphatic carbocycles. The predicted octanol–water partition coefficient (Wildman–Crippen LogP) is 3.68. The van der Waals surface area contributed by atoms with Gasteiger partial charge >= 0.3 is 6.01 Å². The van der Waals surface area contributed by atoms with Gasteiger partial charge in [0.05, 0.1) is 17.4 Å². The monoisotopic (exact) mass is 284 g/mol. The Kier molecular flexibility index (Phi) is 3.18. The van der Waals surface area contributed by atoms with Crippen LogP contribution in [0.5, 0.6) is 11.8 Å². The largest absolute Gasteiger partial charge is 0.424 e. The summed E-state index contributed by atoms with van der Waals surface area (Å²) in [5.74, 6) is 0.681. The second-order valence-corrected chi connectivity index (χ2v) is 4.09. The predicted molar refractivity (Wildman–Crippen MR) is 61.3 cm³/mol. The third-order valence-corrected chi connectivity index (χ3v) is 2.34. The van der Waals surface area contributed by atoms with Gasteiger partial charge < -0.3 is 4.74 Å². The van der Waals surface area contributed by atoms with E-state index in [1.165, 1.54) is 12.4 Å². The Morgan fingerprint density at radius 3 is 2.27 bits per heavy atom. The van der Waals surface area contributed by atoms with Crippen molar-refractivity contribution in [2.45, 2.75) is 0 Å². The van der Waals surface area contributed by atoms with Gasteiger partial charge in [-0.3, -0.25) is 0 Å². The van der Waals surface area contributed by atoms with Crippen molar-refractivity contribution in [3.05, 3.63) is 46.2 Å². The van der Waals surface area contributed by atoms with E-state index in [0.717, 1.165) is 4.47 Å². The molecule has 0 unspecified atom stereocenters. The summed E-state index contributed by atoms with van der Waals surface area (Å²) in [6.45, 7) is 0. The average molecular weight is 286 g/mol. The molecule has 0 saturated heterocycles. The molecule has 1 aromatic carbocycles. The van der Waals surface area contributed by atoms with Gasteiger partial charge in [0.1, 0.15) is 5.75 Å². The number of nitrogens with zero attached hydrogens (tertiary/aromatic N) is 2. The quantitative estimate of drug-likeness (QED) is 0.844. The Labute approximate surface area is 100 Å². The fourth-order valence-electron chi connectivity index (χ4n) is 0.961. The Morgan fingerprint density at radius 1 is 1.07 bits per heavy atom. The van der Waals surface area contributed by atoms with Crippen LogP contribution in [-0.4, -0.2) is 9.97 Å². The fraction of sp³-hybridized carbons (Fsp3) is 0. The maximum Gasteiger partial charge on any atom is 0.321 e. The molecule has 0 bridgehead atoms. The summed E-state index contributed by atoms with van der Waals surface area (Å²) < 4.78 is 6.38. The minimum absolute atomic E-state index is 0.279. The van der Waals surface area contributed by atoms with Gasteiger partial charge in [-0.05, 0) is 24.3 Å². The molecule has 2 aromatic rings. The van der Waals surface area contributed by atoms with Crippen LogP contribution in [0.25, 0.3) is 0 Å². The summed E-state index contributed by atoms with van der Waals surface area (Å²) in [6, 6.07) is 7.68. The van der Waals surface area contributed by atoms with E-state index in [1.54, 1.807) is 0 Å². The van der Waals surface area contributed by atoms with E-state index in [-0.39, 0.29) is 6.01 Å². The Hall–Kier alpha value is -1.13. The summed E-state index contributed by atoms with van der Waals surface area (Å²) in [5.41, 5.74) is 0. The lowest BCUT2D eigenvalue weighted by atomic mass is 10.3. The van der Waals surface area contributed by atoms with Gasteiger partial charge in [-0.2, -0.15) is 0 Å². The molecule has 0 aliphatic heterocycles. The van der Waals surface area contributed by atoms with Crippen molar-refractivity contribution in [1.29, 1.82) is 0 Å². The molecule has 15 heavy (non-hydrogen) atoms. The molecule has 0 radical (unpaired) electrons. The van der Waals surface area contributed by atoms with Gasteiger partial charge in [-0.1, -0.05) is 27.5 Å². The van der Waals surface area contributed by atoms with Gasteiger partial charge in [-0.25, -0.2) is 9.97 Å². The van der Waals surface area contributed by atoms with E-state index in [4.69, 9.17) is 16.3 Å². The SMILES string of the molecule is Clc1cnc(Oc2ccc(Br)cc2)nc1. The van der Waals surface area contributed by atoms with Crippen molar-refractivity contribution in [3.63, 3.8) is 0 Å². The molecule has 1 aromatic heterocycles. The molecule has 1 heterocycles. The highest BCUT2D eigenvalue weighted by Gasteiger charge is 1.99. The van der Waals surface area contributed by atoms with E-state index in [9.17, 15) is 0 Å². The molecular formula is C10H6BrClN2O. The number of rotatable bonds is 2. The van der Waals surface area contributed by atoms with Crippen LogP contribution in [-0.2, 0) is 0 Å². The van der Waals surface area contributed by atoms with Crippen LogP contribution in [0, 0.1) is 0 Å². The molecule has 3 nitrogen and oxygen atoms in total. The number of ether oxygens (including phenoxy) is 1. The first-order chi connectivity index (χ1) is 7.24. The minimum atomic E-state index is 0.279. The zero-order valence-electron chi connectivity index (χ0n) is 7.52.